The van der Waals surface area contributed by atoms with Crippen molar-refractivity contribution in [3.8, 4) is 0 Å². The van der Waals surface area contributed by atoms with Gasteiger partial charge >= 0.3 is 0 Å². The Balaban J connectivity index is 0. The highest BCUT2D eigenvalue weighted by Gasteiger charge is 2.21. The van der Waals surface area contributed by atoms with Gasteiger partial charge in [-0.1, -0.05) is 54.4 Å². The van der Waals surface area contributed by atoms with Crippen molar-refractivity contribution >= 4 is 0 Å². The van der Waals surface area contributed by atoms with E-state index < -0.39 is 0 Å². The number of hydrogen-bond donors (Lipinski definition) is 0. The van der Waals surface area contributed by atoms with Crippen LogP contribution in [-0.4, -0.2) is 24.0 Å². The summed E-state index contributed by atoms with van der Waals surface area (Å²) in [7, 11) is 0. The molecule has 16 heavy (non-hydrogen) atoms. The van der Waals surface area contributed by atoms with E-state index in [4.69, 9.17) is 0 Å². The van der Waals surface area contributed by atoms with Gasteiger partial charge in [-0.25, -0.2) is 0 Å². The average Bonchev–Trinajstić information content (AvgIpc) is 2.77. The van der Waals surface area contributed by atoms with Crippen molar-refractivity contribution < 1.29 is 0 Å². The van der Waals surface area contributed by atoms with E-state index in [1.807, 2.05) is 27.7 Å². The second-order valence-electron chi connectivity index (χ2n) is 4.17. The molecular weight excluding hydrogens is 194 g/mol. The van der Waals surface area contributed by atoms with E-state index in [9.17, 15) is 0 Å². The van der Waals surface area contributed by atoms with E-state index in [1.54, 1.807) is 0 Å². The Bertz CT molecular complexity index is 119. The van der Waals surface area contributed by atoms with Gasteiger partial charge in [-0.3, -0.25) is 0 Å². The first-order chi connectivity index (χ1) is 7.77. The molecule has 1 aliphatic heterocycles. The van der Waals surface area contributed by atoms with Gasteiger partial charge in [0.2, 0.25) is 0 Å². The zero-order valence-corrected chi connectivity index (χ0v) is 12.8. The zero-order valence-electron chi connectivity index (χ0n) is 12.8. The van der Waals surface area contributed by atoms with Crippen molar-refractivity contribution in [3.63, 3.8) is 0 Å². The van der Waals surface area contributed by atoms with Crippen LogP contribution in [0.2, 0.25) is 0 Å². The summed E-state index contributed by atoms with van der Waals surface area (Å²) in [6.07, 6.45) is 5.53. The summed E-state index contributed by atoms with van der Waals surface area (Å²) >= 11 is 0. The van der Waals surface area contributed by atoms with Crippen LogP contribution in [0.15, 0.2) is 0 Å². The molecule has 100 valence electrons. The van der Waals surface area contributed by atoms with Crippen LogP contribution in [0.3, 0.4) is 0 Å². The summed E-state index contributed by atoms with van der Waals surface area (Å²) in [4.78, 5) is 2.66. The highest BCUT2D eigenvalue weighted by Crippen LogP contribution is 2.20. The third kappa shape index (κ3) is 7.27. The third-order valence-corrected chi connectivity index (χ3v) is 3.34. The molecule has 0 amide bonds. The lowest BCUT2D eigenvalue weighted by Gasteiger charge is -2.25. The molecule has 1 saturated heterocycles. The molecule has 0 spiro atoms. The fraction of sp³-hybridized carbons (Fsp3) is 1.00. The van der Waals surface area contributed by atoms with E-state index in [0.29, 0.717) is 0 Å². The van der Waals surface area contributed by atoms with Crippen molar-refractivity contribution in [2.75, 3.05) is 13.1 Å². The van der Waals surface area contributed by atoms with E-state index in [0.717, 1.165) is 12.0 Å². The van der Waals surface area contributed by atoms with Crippen LogP contribution in [0.1, 0.15) is 74.1 Å². The highest BCUT2D eigenvalue weighted by molar-refractivity contribution is 4.76. The zero-order chi connectivity index (χ0) is 13.0. The molecule has 1 fully saturated rings. The Morgan fingerprint density at radius 3 is 1.88 bits per heavy atom. The standard InChI is InChI=1S/C11H23N.2C2H6/c1-4-11(5-2)9-12-8-6-7-10(12)3;2*1-2/h10-11H,4-9H2,1-3H3;2*1-2H3. The molecule has 1 atom stereocenters. The Hall–Kier alpha value is -0.0400. The third-order valence-electron chi connectivity index (χ3n) is 3.34. The molecule has 0 N–H and O–H groups in total. The van der Waals surface area contributed by atoms with E-state index in [-0.39, 0.29) is 0 Å². The Morgan fingerprint density at radius 1 is 1.06 bits per heavy atom. The molecule has 0 aromatic carbocycles. The molecule has 0 saturated carbocycles. The smallest absolute Gasteiger partial charge is 0.00675 e. The summed E-state index contributed by atoms with van der Waals surface area (Å²) in [6, 6.07) is 0.852. The first-order valence-corrected chi connectivity index (χ1v) is 7.52. The molecule has 1 aliphatic rings. The van der Waals surface area contributed by atoms with E-state index in [2.05, 4.69) is 25.7 Å². The van der Waals surface area contributed by atoms with Crippen molar-refractivity contribution in [1.29, 1.82) is 0 Å². The molecule has 0 radical (unpaired) electrons. The summed E-state index contributed by atoms with van der Waals surface area (Å²) in [5.41, 5.74) is 0. The van der Waals surface area contributed by atoms with Gasteiger partial charge in [0.25, 0.3) is 0 Å². The predicted octanol–water partition coefficient (Wildman–Crippen LogP) is 4.96. The lowest BCUT2D eigenvalue weighted by atomic mass is 10.0. The molecule has 0 aliphatic carbocycles. The normalized spacial score (nSPS) is 19.9. The van der Waals surface area contributed by atoms with Gasteiger partial charge in [0.05, 0.1) is 0 Å². The van der Waals surface area contributed by atoms with Crippen LogP contribution in [-0.2, 0) is 0 Å². The molecule has 1 nitrogen and oxygen atoms in total. The molecule has 1 unspecified atom stereocenters. The average molecular weight is 229 g/mol. The van der Waals surface area contributed by atoms with Gasteiger partial charge < -0.3 is 4.90 Å². The first-order valence-electron chi connectivity index (χ1n) is 7.52. The maximum Gasteiger partial charge on any atom is 0.00675 e. The fourth-order valence-corrected chi connectivity index (χ4v) is 2.14. The van der Waals surface area contributed by atoms with Gasteiger partial charge in [-0.15, -0.1) is 0 Å². The Morgan fingerprint density at radius 2 is 1.56 bits per heavy atom. The van der Waals surface area contributed by atoms with E-state index >= 15 is 0 Å². The fourth-order valence-electron chi connectivity index (χ4n) is 2.14. The van der Waals surface area contributed by atoms with Gasteiger partial charge in [0.15, 0.2) is 0 Å². The predicted molar refractivity (Wildman–Crippen MR) is 77.0 cm³/mol. The van der Waals surface area contributed by atoms with Crippen LogP contribution in [0.5, 0.6) is 0 Å². The molecular formula is C15H35N. The molecule has 1 heterocycles. The maximum absolute atomic E-state index is 2.66. The number of likely N-dealkylation sites (tertiary alicyclic amines) is 1. The molecule has 0 aromatic heterocycles. The lowest BCUT2D eigenvalue weighted by Crippen LogP contribution is -2.31. The second-order valence-corrected chi connectivity index (χ2v) is 4.17. The molecule has 1 rings (SSSR count). The molecule has 1 heteroatoms. The van der Waals surface area contributed by atoms with Crippen molar-refractivity contribution in [3.05, 3.63) is 0 Å². The van der Waals surface area contributed by atoms with Crippen LogP contribution in [0, 0.1) is 5.92 Å². The Kier molecular flexibility index (Phi) is 14.9. The summed E-state index contributed by atoms with van der Waals surface area (Å²) in [6.45, 7) is 17.7. The topological polar surface area (TPSA) is 3.24 Å². The quantitative estimate of drug-likeness (QED) is 0.658. The largest absolute Gasteiger partial charge is 0.300 e. The SMILES string of the molecule is CC.CC.CCC(CC)CN1CCCC1C. The second kappa shape index (κ2) is 13.0. The molecule has 0 aromatic rings. The minimum atomic E-state index is 0.852. The van der Waals surface area contributed by atoms with Gasteiger partial charge in [-0.2, -0.15) is 0 Å². The van der Waals surface area contributed by atoms with Crippen molar-refractivity contribution in [1.82, 2.24) is 4.90 Å². The van der Waals surface area contributed by atoms with Crippen LogP contribution >= 0.6 is 0 Å². The Labute approximate surface area is 105 Å². The first kappa shape index (κ1) is 18.3. The van der Waals surface area contributed by atoms with Gasteiger partial charge in [0.1, 0.15) is 0 Å². The summed E-state index contributed by atoms with van der Waals surface area (Å²) in [5.74, 6) is 0.936. The van der Waals surface area contributed by atoms with Gasteiger partial charge in [0, 0.05) is 12.6 Å². The maximum atomic E-state index is 2.66. The van der Waals surface area contributed by atoms with Gasteiger partial charge in [-0.05, 0) is 32.2 Å². The number of nitrogens with zero attached hydrogens (tertiary/aromatic N) is 1. The van der Waals surface area contributed by atoms with E-state index in [1.165, 1.54) is 38.8 Å². The van der Waals surface area contributed by atoms with Crippen LogP contribution in [0.4, 0.5) is 0 Å². The monoisotopic (exact) mass is 229 g/mol. The molecule has 0 bridgehead atoms. The minimum Gasteiger partial charge on any atom is -0.300 e. The number of rotatable bonds is 4. The summed E-state index contributed by atoms with van der Waals surface area (Å²) in [5, 5.41) is 0. The highest BCUT2D eigenvalue weighted by atomic mass is 15.2. The van der Waals surface area contributed by atoms with Crippen molar-refractivity contribution in [2.45, 2.75) is 80.2 Å². The lowest BCUT2D eigenvalue weighted by molar-refractivity contribution is 0.218. The van der Waals surface area contributed by atoms with Crippen LogP contribution in [0.25, 0.3) is 0 Å². The van der Waals surface area contributed by atoms with Crippen LogP contribution < -0.4 is 0 Å². The van der Waals surface area contributed by atoms with Crippen molar-refractivity contribution in [2.24, 2.45) is 5.92 Å². The minimum absolute atomic E-state index is 0.852. The summed E-state index contributed by atoms with van der Waals surface area (Å²) < 4.78 is 0. The number of hydrogen-bond acceptors (Lipinski definition) is 1.